The Morgan fingerprint density at radius 3 is 2.17 bits per heavy atom. The maximum atomic E-state index is 13.0. The van der Waals surface area contributed by atoms with Crippen molar-refractivity contribution in [1.82, 2.24) is 9.80 Å². The fraction of sp³-hybridized carbons (Fsp3) is 0.435. The highest BCUT2D eigenvalue weighted by Gasteiger charge is 2.34. The minimum atomic E-state index is -0.0134. The van der Waals surface area contributed by atoms with E-state index in [0.29, 0.717) is 13.1 Å². The fourth-order valence-electron chi connectivity index (χ4n) is 4.37. The second kappa shape index (κ2) is 11.0. The van der Waals surface area contributed by atoms with Crippen molar-refractivity contribution in [3.63, 3.8) is 0 Å². The Bertz CT molecular complexity index is 795. The number of likely N-dealkylation sites (tertiary alicyclic amines) is 1. The van der Waals surface area contributed by atoms with Gasteiger partial charge in [0.2, 0.25) is 0 Å². The monoisotopic (exact) mass is 450 g/mol. The average molecular weight is 451 g/mol. The first-order valence-electron chi connectivity index (χ1n) is 10.3. The Balaban J connectivity index is 0.00000160. The molecule has 5 nitrogen and oxygen atoms in total. The van der Waals surface area contributed by atoms with Gasteiger partial charge in [-0.1, -0.05) is 37.3 Å². The summed E-state index contributed by atoms with van der Waals surface area (Å²) in [7, 11) is 0. The smallest absolute Gasteiger partial charge is 0.253 e. The van der Waals surface area contributed by atoms with E-state index in [1.807, 2.05) is 35.2 Å². The number of rotatable bonds is 4. The van der Waals surface area contributed by atoms with Crippen molar-refractivity contribution in [1.29, 1.82) is 0 Å². The van der Waals surface area contributed by atoms with Crippen LogP contribution in [0.4, 0.5) is 5.69 Å². The Labute approximate surface area is 192 Å². The highest BCUT2D eigenvalue weighted by Crippen LogP contribution is 2.28. The number of carbonyl (C=O) groups excluding carboxylic acids is 1. The van der Waals surface area contributed by atoms with Gasteiger partial charge in [-0.25, -0.2) is 0 Å². The summed E-state index contributed by atoms with van der Waals surface area (Å²) in [5, 5.41) is 0. The summed E-state index contributed by atoms with van der Waals surface area (Å²) in [6.45, 7) is 8.91. The number of carbonyl (C=O) groups is 1. The quantitative estimate of drug-likeness (QED) is 0.776. The number of likely N-dealkylation sites (N-methyl/N-ethyl adjacent to an activating group) is 1. The lowest BCUT2D eigenvalue weighted by Gasteiger charge is -2.35. The lowest BCUT2D eigenvalue weighted by atomic mass is 9.95. The van der Waals surface area contributed by atoms with Crippen LogP contribution in [0.2, 0.25) is 0 Å². The molecule has 1 amide bonds. The van der Waals surface area contributed by atoms with Gasteiger partial charge in [0.05, 0.1) is 0 Å². The maximum Gasteiger partial charge on any atom is 0.253 e. The molecule has 30 heavy (non-hydrogen) atoms. The normalized spacial score (nSPS) is 21.7. The molecule has 164 valence electrons. The van der Waals surface area contributed by atoms with E-state index in [2.05, 4.69) is 41.0 Å². The maximum absolute atomic E-state index is 13.0. The SMILES string of the molecule is CCN1CCN(c2ccc(C(=O)N3C[C@@H](N)[C@H](c4ccccc4)C3)cc2)CC1.Cl.Cl. The van der Waals surface area contributed by atoms with E-state index in [9.17, 15) is 4.79 Å². The molecular weight excluding hydrogens is 419 g/mol. The van der Waals surface area contributed by atoms with Crippen LogP contribution in [0.1, 0.15) is 28.8 Å². The minimum absolute atomic E-state index is 0. The van der Waals surface area contributed by atoms with Crippen molar-refractivity contribution in [3.8, 4) is 0 Å². The van der Waals surface area contributed by atoms with Crippen molar-refractivity contribution in [3.05, 3.63) is 65.7 Å². The van der Waals surface area contributed by atoms with Crippen molar-refractivity contribution in [2.75, 3.05) is 50.7 Å². The summed E-state index contributed by atoms with van der Waals surface area (Å²) in [6.07, 6.45) is 0. The van der Waals surface area contributed by atoms with Crippen molar-refractivity contribution in [2.24, 2.45) is 5.73 Å². The summed E-state index contributed by atoms with van der Waals surface area (Å²) in [4.78, 5) is 19.8. The predicted molar refractivity (Wildman–Crippen MR) is 128 cm³/mol. The number of piperazine rings is 1. The van der Waals surface area contributed by atoms with Crippen LogP contribution in [0, 0.1) is 0 Å². The lowest BCUT2D eigenvalue weighted by Crippen LogP contribution is -2.46. The van der Waals surface area contributed by atoms with Gasteiger partial charge in [0, 0.05) is 62.5 Å². The van der Waals surface area contributed by atoms with Crippen molar-refractivity contribution < 1.29 is 4.79 Å². The Hall–Kier alpha value is -1.79. The molecule has 0 bridgehead atoms. The number of nitrogens with two attached hydrogens (primary N) is 1. The number of nitrogens with zero attached hydrogens (tertiary/aromatic N) is 3. The molecular formula is C23H32Cl2N4O. The molecule has 4 rings (SSSR count). The number of amides is 1. The van der Waals surface area contributed by atoms with E-state index in [4.69, 9.17) is 5.73 Å². The van der Waals surface area contributed by atoms with Crippen LogP contribution in [0.3, 0.4) is 0 Å². The molecule has 2 aromatic carbocycles. The van der Waals surface area contributed by atoms with E-state index in [1.165, 1.54) is 11.3 Å². The summed E-state index contributed by atoms with van der Waals surface area (Å²) in [5.41, 5.74) is 9.52. The molecule has 0 unspecified atom stereocenters. The van der Waals surface area contributed by atoms with E-state index in [-0.39, 0.29) is 42.7 Å². The molecule has 0 aliphatic carbocycles. The van der Waals surface area contributed by atoms with Crippen LogP contribution in [-0.2, 0) is 0 Å². The molecule has 2 fully saturated rings. The first kappa shape index (κ1) is 24.5. The third-order valence-electron chi connectivity index (χ3n) is 6.18. The van der Waals surface area contributed by atoms with E-state index in [1.54, 1.807) is 0 Å². The van der Waals surface area contributed by atoms with Gasteiger partial charge in [-0.2, -0.15) is 0 Å². The highest BCUT2D eigenvalue weighted by atomic mass is 35.5. The average Bonchev–Trinajstić information content (AvgIpc) is 3.15. The summed E-state index contributed by atoms with van der Waals surface area (Å²) in [5.74, 6) is 0.288. The van der Waals surface area contributed by atoms with Crippen LogP contribution in [0.25, 0.3) is 0 Å². The van der Waals surface area contributed by atoms with Gasteiger partial charge in [-0.15, -0.1) is 24.8 Å². The van der Waals surface area contributed by atoms with Crippen LogP contribution in [0.5, 0.6) is 0 Å². The molecule has 2 N–H and O–H groups in total. The Morgan fingerprint density at radius 1 is 0.933 bits per heavy atom. The molecule has 0 radical (unpaired) electrons. The number of hydrogen-bond acceptors (Lipinski definition) is 4. The van der Waals surface area contributed by atoms with E-state index < -0.39 is 0 Å². The van der Waals surface area contributed by atoms with Gasteiger partial charge in [-0.05, 0) is 36.4 Å². The predicted octanol–water partition coefficient (Wildman–Crippen LogP) is 3.24. The second-order valence-corrected chi connectivity index (χ2v) is 7.86. The molecule has 2 aliphatic rings. The van der Waals surface area contributed by atoms with Crippen LogP contribution in [0.15, 0.2) is 54.6 Å². The van der Waals surface area contributed by atoms with Gasteiger partial charge in [0.15, 0.2) is 0 Å². The van der Waals surface area contributed by atoms with Gasteiger partial charge in [-0.3, -0.25) is 4.79 Å². The molecule has 2 atom stereocenters. The molecule has 2 aliphatic heterocycles. The highest BCUT2D eigenvalue weighted by molar-refractivity contribution is 5.95. The number of halogens is 2. The topological polar surface area (TPSA) is 52.8 Å². The first-order valence-corrected chi connectivity index (χ1v) is 10.3. The molecule has 0 saturated carbocycles. The van der Waals surface area contributed by atoms with E-state index >= 15 is 0 Å². The molecule has 7 heteroatoms. The largest absolute Gasteiger partial charge is 0.369 e. The standard InChI is InChI=1S/C23H30N4O.2ClH/c1-2-25-12-14-26(15-13-25)20-10-8-19(9-11-20)23(28)27-16-21(22(24)17-27)18-6-4-3-5-7-18;;/h3-11,21-22H,2,12-17,24H2,1H3;2*1H/t21-,22+;;/m0../s1. The zero-order valence-corrected chi connectivity index (χ0v) is 19.1. The fourth-order valence-corrected chi connectivity index (χ4v) is 4.37. The van der Waals surface area contributed by atoms with Gasteiger partial charge < -0.3 is 20.4 Å². The summed E-state index contributed by atoms with van der Waals surface area (Å²) in [6, 6.07) is 18.4. The summed E-state index contributed by atoms with van der Waals surface area (Å²) < 4.78 is 0. The number of hydrogen-bond donors (Lipinski definition) is 1. The molecule has 2 heterocycles. The molecule has 0 aromatic heterocycles. The zero-order valence-electron chi connectivity index (χ0n) is 17.4. The van der Waals surface area contributed by atoms with E-state index in [0.717, 1.165) is 38.3 Å². The zero-order chi connectivity index (χ0) is 19.5. The van der Waals surface area contributed by atoms with Gasteiger partial charge in [0.1, 0.15) is 0 Å². The van der Waals surface area contributed by atoms with Gasteiger partial charge in [0.25, 0.3) is 5.91 Å². The first-order chi connectivity index (χ1) is 13.7. The number of benzene rings is 2. The third kappa shape index (κ3) is 5.27. The number of anilines is 1. The molecule has 2 aromatic rings. The Kier molecular flexibility index (Phi) is 8.98. The van der Waals surface area contributed by atoms with Crippen molar-refractivity contribution >= 4 is 36.4 Å². The van der Waals surface area contributed by atoms with Crippen LogP contribution in [-0.4, -0.2) is 67.6 Å². The lowest BCUT2D eigenvalue weighted by molar-refractivity contribution is 0.0789. The van der Waals surface area contributed by atoms with Crippen LogP contribution >= 0.6 is 24.8 Å². The molecule has 0 spiro atoms. The molecule has 2 saturated heterocycles. The Morgan fingerprint density at radius 2 is 1.57 bits per heavy atom. The summed E-state index contributed by atoms with van der Waals surface area (Å²) >= 11 is 0. The third-order valence-corrected chi connectivity index (χ3v) is 6.18. The van der Waals surface area contributed by atoms with Crippen molar-refractivity contribution in [2.45, 2.75) is 18.9 Å². The van der Waals surface area contributed by atoms with Gasteiger partial charge >= 0.3 is 0 Å². The minimum Gasteiger partial charge on any atom is -0.369 e. The van der Waals surface area contributed by atoms with Crippen LogP contribution < -0.4 is 10.6 Å². The second-order valence-electron chi connectivity index (χ2n) is 7.86.